The molecule has 29 heavy (non-hydrogen) atoms. The van der Waals surface area contributed by atoms with Crippen molar-refractivity contribution < 1.29 is 9.53 Å². The number of hydrogen-bond donors (Lipinski definition) is 1. The summed E-state index contributed by atoms with van der Waals surface area (Å²) < 4.78 is 5.23. The van der Waals surface area contributed by atoms with Crippen molar-refractivity contribution in [2.75, 3.05) is 51.9 Å². The number of benzene rings is 2. The molecule has 7 heteroatoms. The van der Waals surface area contributed by atoms with E-state index in [1.54, 1.807) is 28.7 Å². The van der Waals surface area contributed by atoms with Crippen LogP contribution in [-0.2, 0) is 4.74 Å². The molecule has 0 spiro atoms. The number of carbonyl (C=O) groups excluding carboxylic acids is 1. The first-order chi connectivity index (χ1) is 14.1. The van der Waals surface area contributed by atoms with Crippen LogP contribution in [0.2, 0.25) is 0 Å². The van der Waals surface area contributed by atoms with Gasteiger partial charge in [-0.05, 0) is 29.2 Å². The first-order valence-electron chi connectivity index (χ1n) is 9.56. The minimum absolute atomic E-state index is 0.0535. The standard InChI is InChI=1S/C22H27N3O2S2/c1-27-13-10-19-15-25(12-11-24(19)14-18(23)16-29-28-2)22(26)21-9-5-7-17-6-3-4-8-20(17)21/h3-10,23H,11-16H2,1-2H3/b19-10+,23-18?. The van der Waals surface area contributed by atoms with E-state index in [0.717, 1.165) is 28.6 Å². The number of methoxy groups -OCH3 is 1. The second kappa shape index (κ2) is 10.7. The van der Waals surface area contributed by atoms with Gasteiger partial charge in [0.15, 0.2) is 0 Å². The first kappa shape index (κ1) is 21.7. The molecule has 2 aromatic rings. The van der Waals surface area contributed by atoms with Crippen LogP contribution in [0, 0.1) is 5.41 Å². The van der Waals surface area contributed by atoms with Crippen molar-refractivity contribution in [2.45, 2.75) is 0 Å². The average molecular weight is 430 g/mol. The molecule has 2 aromatic carbocycles. The molecule has 1 saturated heterocycles. The van der Waals surface area contributed by atoms with Crippen LogP contribution in [-0.4, -0.2) is 73.3 Å². The van der Waals surface area contributed by atoms with Crippen molar-refractivity contribution in [2.24, 2.45) is 0 Å². The highest BCUT2D eigenvalue weighted by molar-refractivity contribution is 8.76. The Morgan fingerprint density at radius 2 is 2.00 bits per heavy atom. The second-order valence-electron chi connectivity index (χ2n) is 6.86. The fourth-order valence-corrected chi connectivity index (χ4v) is 4.61. The van der Waals surface area contributed by atoms with Gasteiger partial charge in [0.05, 0.1) is 19.7 Å². The summed E-state index contributed by atoms with van der Waals surface area (Å²) in [6.45, 7) is 3.00. The van der Waals surface area contributed by atoms with Crippen LogP contribution < -0.4 is 0 Å². The fourth-order valence-electron chi connectivity index (χ4n) is 3.48. The minimum Gasteiger partial charge on any atom is -0.381 e. The molecule has 0 unspecified atom stereocenters. The Bertz CT molecular complexity index is 895. The predicted octanol–water partition coefficient (Wildman–Crippen LogP) is 4.16. The largest absolute Gasteiger partial charge is 0.381 e. The zero-order chi connectivity index (χ0) is 20.6. The zero-order valence-electron chi connectivity index (χ0n) is 16.9. The topological polar surface area (TPSA) is 56.6 Å². The smallest absolute Gasteiger partial charge is 0.254 e. The Hall–Kier alpha value is -1.96. The van der Waals surface area contributed by atoms with E-state index in [4.69, 9.17) is 10.1 Å². The highest BCUT2D eigenvalue weighted by Crippen LogP contribution is 2.23. The molecule has 1 aliphatic heterocycles. The Morgan fingerprint density at radius 1 is 1.21 bits per heavy atom. The summed E-state index contributed by atoms with van der Waals surface area (Å²) >= 11 is 0. The van der Waals surface area contributed by atoms with E-state index < -0.39 is 0 Å². The summed E-state index contributed by atoms with van der Waals surface area (Å²) in [5, 5.41) is 10.3. The van der Waals surface area contributed by atoms with Gasteiger partial charge in [0.2, 0.25) is 0 Å². The lowest BCUT2D eigenvalue weighted by atomic mass is 10.0. The number of carbonyl (C=O) groups is 1. The molecule has 154 valence electrons. The van der Waals surface area contributed by atoms with Gasteiger partial charge in [-0.2, -0.15) is 0 Å². The number of hydrogen-bond acceptors (Lipinski definition) is 6. The minimum atomic E-state index is 0.0535. The number of amides is 1. The molecule has 0 radical (unpaired) electrons. The Kier molecular flexibility index (Phi) is 8.03. The highest BCUT2D eigenvalue weighted by atomic mass is 33.1. The predicted molar refractivity (Wildman–Crippen MR) is 125 cm³/mol. The van der Waals surface area contributed by atoms with Gasteiger partial charge in [-0.25, -0.2) is 0 Å². The third kappa shape index (κ3) is 5.56. The summed E-state index contributed by atoms with van der Waals surface area (Å²) in [6.07, 6.45) is 4.05. The van der Waals surface area contributed by atoms with E-state index in [1.165, 1.54) is 0 Å². The van der Waals surface area contributed by atoms with Crippen LogP contribution in [0.25, 0.3) is 10.8 Å². The third-order valence-electron chi connectivity index (χ3n) is 4.92. The van der Waals surface area contributed by atoms with Crippen molar-refractivity contribution in [1.29, 1.82) is 5.41 Å². The molecule has 0 aliphatic carbocycles. The first-order valence-corrected chi connectivity index (χ1v) is 12.3. The molecule has 0 bridgehead atoms. The molecule has 1 heterocycles. The SMILES string of the molecule is COC/C=C1\CN(C(=O)c2cccc3ccccc23)CCN1CC(=N)CSSC. The van der Waals surface area contributed by atoms with E-state index in [1.807, 2.05) is 59.7 Å². The molecule has 1 aliphatic rings. The lowest BCUT2D eigenvalue weighted by Crippen LogP contribution is -2.48. The van der Waals surface area contributed by atoms with Gasteiger partial charge in [-0.15, -0.1) is 0 Å². The lowest BCUT2D eigenvalue weighted by Gasteiger charge is -2.38. The summed E-state index contributed by atoms with van der Waals surface area (Å²) in [5.74, 6) is 0.770. The van der Waals surface area contributed by atoms with Gasteiger partial charge in [0.25, 0.3) is 5.91 Å². The second-order valence-corrected chi connectivity index (χ2v) is 9.42. The number of nitrogens with one attached hydrogen (secondary N) is 1. The van der Waals surface area contributed by atoms with E-state index in [2.05, 4.69) is 4.90 Å². The summed E-state index contributed by atoms with van der Waals surface area (Å²) in [4.78, 5) is 17.4. The van der Waals surface area contributed by atoms with Gasteiger partial charge in [-0.3, -0.25) is 4.79 Å². The van der Waals surface area contributed by atoms with Crippen LogP contribution >= 0.6 is 21.6 Å². The van der Waals surface area contributed by atoms with E-state index >= 15 is 0 Å². The Balaban J connectivity index is 1.76. The lowest BCUT2D eigenvalue weighted by molar-refractivity contribution is 0.0707. The van der Waals surface area contributed by atoms with Crippen LogP contribution in [0.15, 0.2) is 54.2 Å². The number of fused-ring (bicyclic) bond motifs is 1. The third-order valence-corrected chi connectivity index (χ3v) is 6.69. The molecular formula is C22H27N3O2S2. The molecule has 1 N–H and O–H groups in total. The van der Waals surface area contributed by atoms with Gasteiger partial charge in [0.1, 0.15) is 0 Å². The molecular weight excluding hydrogens is 402 g/mol. The Labute approximate surface area is 180 Å². The van der Waals surface area contributed by atoms with Crippen LogP contribution in [0.5, 0.6) is 0 Å². The van der Waals surface area contributed by atoms with Crippen LogP contribution in [0.4, 0.5) is 0 Å². The number of ether oxygens (including phenoxy) is 1. The van der Waals surface area contributed by atoms with Crippen molar-refractivity contribution in [3.63, 3.8) is 0 Å². The molecule has 3 rings (SSSR count). The average Bonchev–Trinajstić information content (AvgIpc) is 2.76. The maximum absolute atomic E-state index is 13.3. The quantitative estimate of drug-likeness (QED) is 0.504. The van der Waals surface area contributed by atoms with E-state index in [9.17, 15) is 4.79 Å². The molecule has 5 nitrogen and oxygen atoms in total. The normalized spacial score (nSPS) is 15.9. The van der Waals surface area contributed by atoms with Gasteiger partial charge >= 0.3 is 0 Å². The Morgan fingerprint density at radius 3 is 2.79 bits per heavy atom. The molecule has 1 fully saturated rings. The van der Waals surface area contributed by atoms with Crippen molar-refractivity contribution in [3.8, 4) is 0 Å². The molecule has 1 amide bonds. The maximum atomic E-state index is 13.3. The molecule has 0 atom stereocenters. The molecule has 0 saturated carbocycles. The van der Waals surface area contributed by atoms with Gasteiger partial charge in [0, 0.05) is 42.9 Å². The highest BCUT2D eigenvalue weighted by Gasteiger charge is 2.26. The fraction of sp³-hybridized carbons (Fsp3) is 0.364. The number of piperazine rings is 1. The number of nitrogens with zero attached hydrogens (tertiary/aromatic N) is 2. The van der Waals surface area contributed by atoms with Gasteiger partial charge < -0.3 is 19.9 Å². The zero-order valence-corrected chi connectivity index (χ0v) is 18.5. The van der Waals surface area contributed by atoms with E-state index in [-0.39, 0.29) is 5.91 Å². The van der Waals surface area contributed by atoms with E-state index in [0.29, 0.717) is 37.7 Å². The number of rotatable bonds is 8. The summed E-state index contributed by atoms with van der Waals surface area (Å²) in [6, 6.07) is 13.9. The van der Waals surface area contributed by atoms with Crippen molar-refractivity contribution >= 4 is 44.0 Å². The maximum Gasteiger partial charge on any atom is 0.254 e. The molecule has 0 aromatic heterocycles. The van der Waals surface area contributed by atoms with Crippen LogP contribution in [0.1, 0.15) is 10.4 Å². The summed E-state index contributed by atoms with van der Waals surface area (Å²) in [5.41, 5.74) is 2.49. The summed E-state index contributed by atoms with van der Waals surface area (Å²) in [7, 11) is 5.03. The van der Waals surface area contributed by atoms with Crippen LogP contribution in [0.3, 0.4) is 0 Å². The van der Waals surface area contributed by atoms with Crippen molar-refractivity contribution in [3.05, 3.63) is 59.8 Å². The monoisotopic (exact) mass is 429 g/mol. The van der Waals surface area contributed by atoms with Crippen molar-refractivity contribution in [1.82, 2.24) is 9.80 Å². The van der Waals surface area contributed by atoms with Gasteiger partial charge in [-0.1, -0.05) is 58.0 Å².